The molecule has 0 aliphatic carbocycles. The molecular weight excluding hydrogens is 333 g/mol. The summed E-state index contributed by atoms with van der Waals surface area (Å²) in [6.45, 7) is 3.47. The van der Waals surface area contributed by atoms with Crippen LogP contribution in [0.1, 0.15) is 18.9 Å². The van der Waals surface area contributed by atoms with Gasteiger partial charge in [-0.1, -0.05) is 13.0 Å². The Morgan fingerprint density at radius 2 is 1.92 bits per heavy atom. The SMILES string of the molecule is CCC(NS(=O)(=O)c1ccc(F)cc1)C(=O)Nc1ncccc1C. The van der Waals surface area contributed by atoms with Gasteiger partial charge in [0.05, 0.1) is 4.90 Å². The van der Waals surface area contributed by atoms with E-state index in [1.807, 2.05) is 0 Å². The zero-order valence-corrected chi connectivity index (χ0v) is 14.1. The summed E-state index contributed by atoms with van der Waals surface area (Å²) < 4.78 is 39.9. The van der Waals surface area contributed by atoms with Gasteiger partial charge in [0, 0.05) is 6.20 Å². The Kier molecular flexibility index (Phi) is 5.63. The van der Waals surface area contributed by atoms with Crippen molar-refractivity contribution in [2.75, 3.05) is 5.32 Å². The Morgan fingerprint density at radius 3 is 2.50 bits per heavy atom. The van der Waals surface area contributed by atoms with E-state index in [0.29, 0.717) is 5.82 Å². The number of hydrogen-bond donors (Lipinski definition) is 2. The van der Waals surface area contributed by atoms with E-state index in [1.165, 1.54) is 6.20 Å². The fourth-order valence-electron chi connectivity index (χ4n) is 2.01. The molecule has 128 valence electrons. The molecule has 0 spiro atoms. The van der Waals surface area contributed by atoms with Gasteiger partial charge in [-0.25, -0.2) is 17.8 Å². The van der Waals surface area contributed by atoms with Crippen LogP contribution in [-0.4, -0.2) is 25.4 Å². The van der Waals surface area contributed by atoms with Crippen LogP contribution in [0.15, 0.2) is 47.5 Å². The molecule has 2 aromatic rings. The van der Waals surface area contributed by atoms with E-state index >= 15 is 0 Å². The zero-order chi connectivity index (χ0) is 17.7. The molecule has 0 radical (unpaired) electrons. The van der Waals surface area contributed by atoms with Gasteiger partial charge in [-0.2, -0.15) is 4.72 Å². The number of carbonyl (C=O) groups is 1. The Labute approximate surface area is 140 Å². The van der Waals surface area contributed by atoms with Crippen LogP contribution < -0.4 is 10.0 Å². The molecule has 0 saturated heterocycles. The number of nitrogens with zero attached hydrogens (tertiary/aromatic N) is 1. The predicted octanol–water partition coefficient (Wildman–Crippen LogP) is 2.22. The maximum atomic E-state index is 12.9. The van der Waals surface area contributed by atoms with E-state index in [4.69, 9.17) is 0 Å². The highest BCUT2D eigenvalue weighted by atomic mass is 32.2. The molecule has 0 bridgehead atoms. The zero-order valence-electron chi connectivity index (χ0n) is 13.3. The number of aryl methyl sites for hydroxylation is 1. The molecule has 1 aromatic carbocycles. The summed E-state index contributed by atoms with van der Waals surface area (Å²) in [6, 6.07) is 6.93. The summed E-state index contributed by atoms with van der Waals surface area (Å²) in [5, 5.41) is 2.61. The lowest BCUT2D eigenvalue weighted by Crippen LogP contribution is -2.43. The quantitative estimate of drug-likeness (QED) is 0.835. The molecule has 0 aliphatic heterocycles. The number of benzene rings is 1. The number of hydrogen-bond acceptors (Lipinski definition) is 4. The largest absolute Gasteiger partial charge is 0.309 e. The fraction of sp³-hybridized carbons (Fsp3) is 0.250. The summed E-state index contributed by atoms with van der Waals surface area (Å²) in [6.07, 6.45) is 1.78. The third kappa shape index (κ3) is 4.36. The van der Waals surface area contributed by atoms with E-state index in [2.05, 4.69) is 15.0 Å². The van der Waals surface area contributed by atoms with Gasteiger partial charge in [-0.3, -0.25) is 4.79 Å². The Bertz CT molecular complexity index is 823. The molecule has 1 aromatic heterocycles. The molecule has 1 heterocycles. The van der Waals surface area contributed by atoms with E-state index in [9.17, 15) is 17.6 Å². The second-order valence-corrected chi connectivity index (χ2v) is 6.91. The van der Waals surface area contributed by atoms with Crippen LogP contribution in [0.25, 0.3) is 0 Å². The molecule has 1 amide bonds. The van der Waals surface area contributed by atoms with Crippen LogP contribution in [-0.2, 0) is 14.8 Å². The first-order valence-corrected chi connectivity index (χ1v) is 8.82. The predicted molar refractivity (Wildman–Crippen MR) is 88.4 cm³/mol. The van der Waals surface area contributed by atoms with Gasteiger partial charge >= 0.3 is 0 Å². The minimum absolute atomic E-state index is 0.107. The van der Waals surface area contributed by atoms with E-state index in [0.717, 1.165) is 29.8 Å². The summed E-state index contributed by atoms with van der Waals surface area (Å²) in [7, 11) is -3.93. The maximum absolute atomic E-state index is 12.9. The number of aromatic nitrogens is 1. The monoisotopic (exact) mass is 351 g/mol. The van der Waals surface area contributed by atoms with Crippen molar-refractivity contribution in [2.24, 2.45) is 0 Å². The number of sulfonamides is 1. The summed E-state index contributed by atoms with van der Waals surface area (Å²) in [4.78, 5) is 16.3. The van der Waals surface area contributed by atoms with E-state index in [1.54, 1.807) is 26.0 Å². The van der Waals surface area contributed by atoms with Crippen molar-refractivity contribution >= 4 is 21.7 Å². The molecule has 6 nitrogen and oxygen atoms in total. The molecule has 2 rings (SSSR count). The molecule has 1 unspecified atom stereocenters. The van der Waals surface area contributed by atoms with Gasteiger partial charge in [0.2, 0.25) is 15.9 Å². The Balaban J connectivity index is 2.15. The van der Waals surface area contributed by atoms with Gasteiger partial charge in [0.25, 0.3) is 0 Å². The highest BCUT2D eigenvalue weighted by Gasteiger charge is 2.25. The number of anilines is 1. The summed E-state index contributed by atoms with van der Waals surface area (Å²) in [5.41, 5.74) is 0.766. The molecule has 0 fully saturated rings. The topological polar surface area (TPSA) is 88.2 Å². The van der Waals surface area contributed by atoms with Gasteiger partial charge in [-0.15, -0.1) is 0 Å². The molecule has 24 heavy (non-hydrogen) atoms. The first-order chi connectivity index (χ1) is 11.3. The number of nitrogens with one attached hydrogen (secondary N) is 2. The van der Waals surface area contributed by atoms with Crippen LogP contribution in [0, 0.1) is 12.7 Å². The third-order valence-electron chi connectivity index (χ3n) is 3.40. The van der Waals surface area contributed by atoms with Crippen molar-refractivity contribution < 1.29 is 17.6 Å². The van der Waals surface area contributed by atoms with Crippen LogP contribution in [0.4, 0.5) is 10.2 Å². The molecule has 8 heteroatoms. The van der Waals surface area contributed by atoms with Gasteiger partial charge in [0.15, 0.2) is 0 Å². The standard InChI is InChI=1S/C16H18FN3O3S/c1-3-14(16(21)19-15-11(2)5-4-10-18-15)20-24(22,23)13-8-6-12(17)7-9-13/h4-10,14,20H,3H2,1-2H3,(H,18,19,21). The molecular formula is C16H18FN3O3S. The molecule has 0 saturated carbocycles. The van der Waals surface area contributed by atoms with E-state index < -0.39 is 27.8 Å². The van der Waals surface area contributed by atoms with Crippen LogP contribution in [0.2, 0.25) is 0 Å². The Hall–Kier alpha value is -2.32. The summed E-state index contributed by atoms with van der Waals surface area (Å²) in [5.74, 6) is -0.670. The smallest absolute Gasteiger partial charge is 0.243 e. The minimum atomic E-state index is -3.93. The second-order valence-electron chi connectivity index (χ2n) is 5.19. The van der Waals surface area contributed by atoms with Gasteiger partial charge in [-0.05, 0) is 49.2 Å². The Morgan fingerprint density at radius 1 is 1.25 bits per heavy atom. The highest BCUT2D eigenvalue weighted by Crippen LogP contribution is 2.13. The maximum Gasteiger partial charge on any atom is 0.243 e. The number of pyridine rings is 1. The van der Waals surface area contributed by atoms with Crippen molar-refractivity contribution in [2.45, 2.75) is 31.2 Å². The lowest BCUT2D eigenvalue weighted by molar-refractivity contribution is -0.117. The normalized spacial score (nSPS) is 12.6. The van der Waals surface area contributed by atoms with Crippen molar-refractivity contribution in [3.05, 3.63) is 54.0 Å². The lowest BCUT2D eigenvalue weighted by Gasteiger charge is -2.17. The number of rotatable bonds is 6. The van der Waals surface area contributed by atoms with Crippen LogP contribution in [0.3, 0.4) is 0 Å². The molecule has 0 aliphatic rings. The molecule has 2 N–H and O–H groups in total. The third-order valence-corrected chi connectivity index (χ3v) is 4.88. The van der Waals surface area contributed by atoms with Crippen LogP contribution in [0.5, 0.6) is 0 Å². The first kappa shape index (κ1) is 18.0. The summed E-state index contributed by atoms with van der Waals surface area (Å²) >= 11 is 0. The van der Waals surface area contributed by atoms with Crippen molar-refractivity contribution in [1.82, 2.24) is 9.71 Å². The average Bonchev–Trinajstić information content (AvgIpc) is 2.55. The van der Waals surface area contributed by atoms with Gasteiger partial charge < -0.3 is 5.32 Å². The number of carbonyl (C=O) groups excluding carboxylic acids is 1. The van der Waals surface area contributed by atoms with Crippen molar-refractivity contribution in [3.8, 4) is 0 Å². The first-order valence-electron chi connectivity index (χ1n) is 7.34. The second kappa shape index (κ2) is 7.50. The molecule has 1 atom stereocenters. The average molecular weight is 351 g/mol. The highest BCUT2D eigenvalue weighted by molar-refractivity contribution is 7.89. The fourth-order valence-corrected chi connectivity index (χ4v) is 3.29. The number of amides is 1. The van der Waals surface area contributed by atoms with Gasteiger partial charge in [0.1, 0.15) is 17.7 Å². The lowest BCUT2D eigenvalue weighted by atomic mass is 10.2. The van der Waals surface area contributed by atoms with Crippen molar-refractivity contribution in [3.63, 3.8) is 0 Å². The number of halogens is 1. The minimum Gasteiger partial charge on any atom is -0.309 e. The van der Waals surface area contributed by atoms with Crippen LogP contribution >= 0.6 is 0 Å². The van der Waals surface area contributed by atoms with Crippen molar-refractivity contribution in [1.29, 1.82) is 0 Å². The van der Waals surface area contributed by atoms with E-state index in [-0.39, 0.29) is 11.3 Å².